The Kier molecular flexibility index (Phi) is 5.03. The van der Waals surface area contributed by atoms with Crippen LogP contribution in [0.4, 0.5) is 10.1 Å². The second-order valence-electron chi connectivity index (χ2n) is 5.23. The average Bonchev–Trinajstić information content (AvgIpc) is 2.63. The van der Waals surface area contributed by atoms with E-state index in [9.17, 15) is 19.6 Å². The highest BCUT2D eigenvalue weighted by atomic mass is 19.1. The van der Waals surface area contributed by atoms with Crippen molar-refractivity contribution < 1.29 is 14.4 Å². The molecule has 0 saturated carbocycles. The zero-order valence-corrected chi connectivity index (χ0v) is 11.3. The molecular formula is C14H19FN2O3. The molecule has 1 aromatic carbocycles. The van der Waals surface area contributed by atoms with Crippen molar-refractivity contribution in [1.82, 2.24) is 4.90 Å². The van der Waals surface area contributed by atoms with E-state index in [2.05, 4.69) is 4.90 Å². The molecule has 1 aliphatic rings. The van der Waals surface area contributed by atoms with Crippen LogP contribution in [0.2, 0.25) is 0 Å². The van der Waals surface area contributed by atoms with Gasteiger partial charge in [-0.2, -0.15) is 0 Å². The summed E-state index contributed by atoms with van der Waals surface area (Å²) in [5.41, 5.74) is 0.354. The molecule has 0 amide bonds. The molecule has 1 fully saturated rings. The first-order valence-corrected chi connectivity index (χ1v) is 6.89. The SMILES string of the molecule is O=[N+]([O-])c1cc(F)cc(CN2CCCCCC2CO)c1. The number of non-ortho nitro benzene ring substituents is 1. The standard InChI is InChI=1S/C14H19FN2O3/c15-12-6-11(7-14(8-12)17(19)20)9-16-5-3-1-2-4-13(16)10-18/h6-8,13,18H,1-5,9-10H2. The monoisotopic (exact) mass is 282 g/mol. The number of aliphatic hydroxyl groups excluding tert-OH is 1. The van der Waals surface area contributed by atoms with Gasteiger partial charge in [0.25, 0.3) is 5.69 Å². The minimum absolute atomic E-state index is 0.0554. The maximum absolute atomic E-state index is 13.4. The number of nitrogens with zero attached hydrogens (tertiary/aromatic N) is 2. The quantitative estimate of drug-likeness (QED) is 0.680. The van der Waals surface area contributed by atoms with E-state index in [4.69, 9.17) is 0 Å². The van der Waals surface area contributed by atoms with Gasteiger partial charge in [0.1, 0.15) is 5.82 Å². The van der Waals surface area contributed by atoms with Crippen LogP contribution < -0.4 is 0 Å². The number of rotatable bonds is 4. The number of hydrogen-bond donors (Lipinski definition) is 1. The zero-order valence-electron chi connectivity index (χ0n) is 11.3. The van der Waals surface area contributed by atoms with Gasteiger partial charge in [0.2, 0.25) is 0 Å². The van der Waals surface area contributed by atoms with Crippen LogP contribution >= 0.6 is 0 Å². The van der Waals surface area contributed by atoms with Crippen molar-refractivity contribution >= 4 is 5.69 Å². The summed E-state index contributed by atoms with van der Waals surface area (Å²) in [6.45, 7) is 1.33. The van der Waals surface area contributed by atoms with Gasteiger partial charge in [0, 0.05) is 18.7 Å². The van der Waals surface area contributed by atoms with E-state index < -0.39 is 10.7 Å². The molecule has 20 heavy (non-hydrogen) atoms. The van der Waals surface area contributed by atoms with E-state index in [1.165, 1.54) is 12.1 Å². The molecule has 2 rings (SSSR count). The Morgan fingerprint density at radius 1 is 1.35 bits per heavy atom. The van der Waals surface area contributed by atoms with Crippen LogP contribution in [0.15, 0.2) is 18.2 Å². The fraction of sp³-hybridized carbons (Fsp3) is 0.571. The number of benzene rings is 1. The van der Waals surface area contributed by atoms with Gasteiger partial charge in [-0.25, -0.2) is 4.39 Å². The van der Waals surface area contributed by atoms with Gasteiger partial charge in [-0.05, 0) is 31.0 Å². The van der Waals surface area contributed by atoms with Gasteiger partial charge >= 0.3 is 0 Å². The number of hydrogen-bond acceptors (Lipinski definition) is 4. The van der Waals surface area contributed by atoms with Crippen molar-refractivity contribution in [2.45, 2.75) is 38.3 Å². The Bertz CT molecular complexity index is 481. The maximum Gasteiger partial charge on any atom is 0.272 e. The van der Waals surface area contributed by atoms with Crippen molar-refractivity contribution in [3.63, 3.8) is 0 Å². The summed E-state index contributed by atoms with van der Waals surface area (Å²) in [7, 11) is 0. The first-order valence-electron chi connectivity index (χ1n) is 6.89. The minimum Gasteiger partial charge on any atom is -0.395 e. The third-order valence-corrected chi connectivity index (χ3v) is 3.75. The molecular weight excluding hydrogens is 263 g/mol. The first kappa shape index (κ1) is 14.9. The third-order valence-electron chi connectivity index (χ3n) is 3.75. The van der Waals surface area contributed by atoms with Crippen LogP contribution in [-0.4, -0.2) is 34.1 Å². The highest BCUT2D eigenvalue weighted by molar-refractivity contribution is 5.35. The highest BCUT2D eigenvalue weighted by Gasteiger charge is 2.21. The fourth-order valence-electron chi connectivity index (χ4n) is 2.72. The number of likely N-dealkylation sites (tertiary alicyclic amines) is 1. The molecule has 5 nitrogen and oxygen atoms in total. The van der Waals surface area contributed by atoms with Gasteiger partial charge in [0.15, 0.2) is 0 Å². The van der Waals surface area contributed by atoms with Gasteiger partial charge in [-0.1, -0.05) is 12.8 Å². The van der Waals surface area contributed by atoms with Gasteiger partial charge < -0.3 is 5.11 Å². The predicted molar refractivity (Wildman–Crippen MR) is 72.8 cm³/mol. The summed E-state index contributed by atoms with van der Waals surface area (Å²) in [6, 6.07) is 3.71. The lowest BCUT2D eigenvalue weighted by Gasteiger charge is -2.28. The van der Waals surface area contributed by atoms with E-state index in [0.717, 1.165) is 38.3 Å². The molecule has 1 atom stereocenters. The highest BCUT2D eigenvalue weighted by Crippen LogP contribution is 2.22. The third kappa shape index (κ3) is 3.74. The van der Waals surface area contributed by atoms with Gasteiger partial charge in [0.05, 0.1) is 17.6 Å². The van der Waals surface area contributed by atoms with Crippen LogP contribution in [0.5, 0.6) is 0 Å². The molecule has 1 saturated heterocycles. The van der Waals surface area contributed by atoms with Crippen LogP contribution in [0.1, 0.15) is 31.2 Å². The summed E-state index contributed by atoms with van der Waals surface area (Å²) < 4.78 is 13.4. The fourth-order valence-corrected chi connectivity index (χ4v) is 2.72. The lowest BCUT2D eigenvalue weighted by atomic mass is 10.1. The van der Waals surface area contributed by atoms with Crippen LogP contribution in [0, 0.1) is 15.9 Å². The molecule has 0 aliphatic carbocycles. The molecule has 6 heteroatoms. The molecule has 1 unspecified atom stereocenters. The predicted octanol–water partition coefficient (Wildman–Crippen LogP) is 2.47. The summed E-state index contributed by atoms with van der Waals surface area (Å²) >= 11 is 0. The largest absolute Gasteiger partial charge is 0.395 e. The summed E-state index contributed by atoms with van der Waals surface area (Å²) in [5, 5.41) is 20.2. The Morgan fingerprint density at radius 2 is 2.15 bits per heavy atom. The molecule has 0 bridgehead atoms. The Labute approximate surface area is 117 Å². The lowest BCUT2D eigenvalue weighted by Crippen LogP contribution is -2.36. The van der Waals surface area contributed by atoms with Gasteiger partial charge in [-0.3, -0.25) is 15.0 Å². The van der Waals surface area contributed by atoms with Crippen LogP contribution in [0.3, 0.4) is 0 Å². The van der Waals surface area contributed by atoms with E-state index in [-0.39, 0.29) is 18.3 Å². The van der Waals surface area contributed by atoms with Crippen LogP contribution in [0.25, 0.3) is 0 Å². The zero-order chi connectivity index (χ0) is 14.5. The molecule has 1 N–H and O–H groups in total. The number of halogens is 1. The molecule has 1 heterocycles. The molecule has 1 aromatic rings. The second-order valence-corrected chi connectivity index (χ2v) is 5.23. The minimum atomic E-state index is -0.593. The second kappa shape index (κ2) is 6.76. The smallest absolute Gasteiger partial charge is 0.272 e. The van der Waals surface area contributed by atoms with Crippen molar-refractivity contribution in [2.75, 3.05) is 13.2 Å². The summed E-state index contributed by atoms with van der Waals surface area (Å²) in [5.74, 6) is -0.593. The molecule has 0 aromatic heterocycles. The van der Waals surface area contributed by atoms with E-state index in [0.29, 0.717) is 12.1 Å². The van der Waals surface area contributed by atoms with E-state index in [1.54, 1.807) is 0 Å². The number of nitro groups is 1. The lowest BCUT2D eigenvalue weighted by molar-refractivity contribution is -0.385. The molecule has 110 valence electrons. The van der Waals surface area contributed by atoms with Crippen molar-refractivity contribution in [3.05, 3.63) is 39.7 Å². The first-order chi connectivity index (χ1) is 9.60. The van der Waals surface area contributed by atoms with E-state index >= 15 is 0 Å². The molecule has 1 aliphatic heterocycles. The summed E-state index contributed by atoms with van der Waals surface area (Å²) in [6.07, 6.45) is 4.14. The topological polar surface area (TPSA) is 66.6 Å². The Hall–Kier alpha value is -1.53. The number of nitro benzene ring substituents is 1. The van der Waals surface area contributed by atoms with Crippen molar-refractivity contribution in [1.29, 1.82) is 0 Å². The normalized spacial score (nSPS) is 20.6. The molecule has 0 radical (unpaired) electrons. The van der Waals surface area contributed by atoms with E-state index in [1.807, 2.05) is 0 Å². The number of aliphatic hydroxyl groups is 1. The van der Waals surface area contributed by atoms with Gasteiger partial charge in [-0.15, -0.1) is 0 Å². The average molecular weight is 282 g/mol. The summed E-state index contributed by atoms with van der Waals surface area (Å²) in [4.78, 5) is 12.3. The van der Waals surface area contributed by atoms with Crippen molar-refractivity contribution in [2.24, 2.45) is 0 Å². The maximum atomic E-state index is 13.4. The Balaban J connectivity index is 2.16. The Morgan fingerprint density at radius 3 is 2.85 bits per heavy atom. The molecule has 0 spiro atoms. The van der Waals surface area contributed by atoms with Crippen LogP contribution in [-0.2, 0) is 6.54 Å². The van der Waals surface area contributed by atoms with Crippen molar-refractivity contribution in [3.8, 4) is 0 Å².